The molecule has 0 aliphatic carbocycles. The van der Waals surface area contributed by atoms with Gasteiger partial charge in [-0.05, 0) is 26.0 Å². The average Bonchev–Trinajstić information content (AvgIpc) is 2.38. The van der Waals surface area contributed by atoms with Crippen molar-refractivity contribution in [2.24, 2.45) is 5.73 Å². The van der Waals surface area contributed by atoms with Gasteiger partial charge in [-0.3, -0.25) is 9.78 Å². The molecule has 0 amide bonds. The van der Waals surface area contributed by atoms with Gasteiger partial charge in [0.1, 0.15) is 17.4 Å². The van der Waals surface area contributed by atoms with Crippen LogP contribution in [0.3, 0.4) is 0 Å². The van der Waals surface area contributed by atoms with Crippen molar-refractivity contribution in [3.8, 4) is 6.07 Å². The number of aromatic nitrogens is 1. The smallest absolute Gasteiger partial charge is 0.205 e. The van der Waals surface area contributed by atoms with Gasteiger partial charge >= 0.3 is 0 Å². The number of nitriles is 1. The molecular weight excluding hydrogens is 242 g/mol. The lowest BCUT2D eigenvalue weighted by atomic mass is 9.84. The number of hydrogen-bond donors (Lipinski definition) is 1. The van der Waals surface area contributed by atoms with Gasteiger partial charge < -0.3 is 10.5 Å². The zero-order valence-corrected chi connectivity index (χ0v) is 10.7. The molecule has 1 aromatic rings. The number of pyridine rings is 1. The van der Waals surface area contributed by atoms with Crippen LogP contribution < -0.4 is 5.73 Å². The molecule has 1 aliphatic heterocycles. The van der Waals surface area contributed by atoms with Gasteiger partial charge in [-0.25, -0.2) is 0 Å². The molecule has 5 heteroatoms. The molecule has 0 saturated carbocycles. The first-order chi connectivity index (χ1) is 9.06. The third-order valence-electron chi connectivity index (χ3n) is 2.97. The van der Waals surface area contributed by atoms with E-state index in [1.165, 1.54) is 6.92 Å². The molecule has 2 heterocycles. The quantitative estimate of drug-likeness (QED) is 0.869. The number of nitrogens with two attached hydrogens (primary N) is 1. The van der Waals surface area contributed by atoms with E-state index in [0.29, 0.717) is 17.0 Å². The molecule has 5 nitrogen and oxygen atoms in total. The van der Waals surface area contributed by atoms with E-state index in [0.717, 1.165) is 0 Å². The van der Waals surface area contributed by atoms with Crippen molar-refractivity contribution in [2.75, 3.05) is 0 Å². The molecule has 1 unspecified atom stereocenters. The summed E-state index contributed by atoms with van der Waals surface area (Å²) in [7, 11) is 0. The van der Waals surface area contributed by atoms with E-state index >= 15 is 0 Å². The topological polar surface area (TPSA) is 89.0 Å². The van der Waals surface area contributed by atoms with Gasteiger partial charge in [-0.2, -0.15) is 5.26 Å². The van der Waals surface area contributed by atoms with Crippen LogP contribution in [0, 0.1) is 11.3 Å². The fourth-order valence-corrected chi connectivity index (χ4v) is 2.18. The monoisotopic (exact) mass is 255 g/mol. The second-order valence-electron chi connectivity index (χ2n) is 4.21. The maximum atomic E-state index is 11.8. The number of rotatable bonds is 2. The van der Waals surface area contributed by atoms with E-state index in [1.54, 1.807) is 31.3 Å². The molecular formula is C14H13N3O2. The molecule has 96 valence electrons. The second-order valence-corrected chi connectivity index (χ2v) is 4.21. The van der Waals surface area contributed by atoms with Crippen LogP contribution in [0.4, 0.5) is 0 Å². The number of carbonyl (C=O) groups excluding carboxylic acids is 1. The summed E-state index contributed by atoms with van der Waals surface area (Å²) in [6.45, 7) is 3.10. The first-order valence-corrected chi connectivity index (χ1v) is 5.76. The van der Waals surface area contributed by atoms with Crippen LogP contribution in [0.5, 0.6) is 0 Å². The Morgan fingerprint density at radius 1 is 1.53 bits per heavy atom. The fraction of sp³-hybridized carbons (Fsp3) is 0.214. The lowest BCUT2D eigenvalue weighted by Gasteiger charge is -2.25. The molecule has 1 aliphatic rings. The molecule has 0 fully saturated rings. The predicted octanol–water partition coefficient (Wildman–Crippen LogP) is 1.75. The minimum Gasteiger partial charge on any atom is -0.445 e. The highest BCUT2D eigenvalue weighted by atomic mass is 16.5. The number of ether oxygens (including phenoxy) is 1. The maximum Gasteiger partial charge on any atom is 0.205 e. The Morgan fingerprint density at radius 3 is 2.79 bits per heavy atom. The Hall–Kier alpha value is -2.61. The first-order valence-electron chi connectivity index (χ1n) is 5.76. The van der Waals surface area contributed by atoms with Gasteiger partial charge in [0.2, 0.25) is 5.88 Å². The highest BCUT2D eigenvalue weighted by Crippen LogP contribution is 2.38. The van der Waals surface area contributed by atoms with E-state index in [1.807, 2.05) is 6.07 Å². The van der Waals surface area contributed by atoms with Gasteiger partial charge in [0.05, 0.1) is 11.6 Å². The largest absolute Gasteiger partial charge is 0.445 e. The summed E-state index contributed by atoms with van der Waals surface area (Å²) in [4.78, 5) is 16.0. The van der Waals surface area contributed by atoms with Crippen molar-refractivity contribution >= 4 is 5.78 Å². The summed E-state index contributed by atoms with van der Waals surface area (Å²) < 4.78 is 5.28. The van der Waals surface area contributed by atoms with E-state index in [2.05, 4.69) is 4.98 Å². The number of carbonyl (C=O) groups is 1. The molecule has 0 radical (unpaired) electrons. The Labute approximate surface area is 111 Å². The number of hydrogen-bond acceptors (Lipinski definition) is 5. The van der Waals surface area contributed by atoms with Crippen LogP contribution in [0.15, 0.2) is 47.2 Å². The molecule has 0 saturated heterocycles. The number of nitrogens with zero attached hydrogens (tertiary/aromatic N) is 2. The predicted molar refractivity (Wildman–Crippen MR) is 68.3 cm³/mol. The minimum atomic E-state index is -0.558. The van der Waals surface area contributed by atoms with E-state index in [9.17, 15) is 10.1 Å². The van der Waals surface area contributed by atoms with Gasteiger partial charge in [-0.1, -0.05) is 6.07 Å². The Morgan fingerprint density at radius 2 is 2.26 bits per heavy atom. The van der Waals surface area contributed by atoms with Crippen LogP contribution >= 0.6 is 0 Å². The van der Waals surface area contributed by atoms with Crippen molar-refractivity contribution in [3.05, 3.63) is 52.9 Å². The Bertz CT molecular complexity index is 624. The molecule has 19 heavy (non-hydrogen) atoms. The number of ketones is 1. The highest BCUT2D eigenvalue weighted by Gasteiger charge is 2.34. The summed E-state index contributed by atoms with van der Waals surface area (Å²) in [5, 5.41) is 9.25. The van der Waals surface area contributed by atoms with E-state index in [4.69, 9.17) is 10.5 Å². The van der Waals surface area contributed by atoms with Crippen molar-refractivity contribution in [1.82, 2.24) is 4.98 Å². The van der Waals surface area contributed by atoms with E-state index < -0.39 is 5.92 Å². The third-order valence-corrected chi connectivity index (χ3v) is 2.97. The first kappa shape index (κ1) is 12.8. The number of allylic oxidation sites excluding steroid dienone is 3. The van der Waals surface area contributed by atoms with E-state index in [-0.39, 0.29) is 17.2 Å². The number of Topliss-reactive ketones (excluding diaryl/α,β-unsaturated/α-hetero) is 1. The van der Waals surface area contributed by atoms with Gasteiger partial charge in [-0.15, -0.1) is 0 Å². The van der Waals surface area contributed by atoms with Crippen LogP contribution in [-0.4, -0.2) is 10.8 Å². The van der Waals surface area contributed by atoms with Crippen molar-refractivity contribution in [1.29, 1.82) is 5.26 Å². The molecule has 0 spiro atoms. The van der Waals surface area contributed by atoms with Crippen LogP contribution in [0.1, 0.15) is 25.5 Å². The van der Waals surface area contributed by atoms with Gasteiger partial charge in [0.25, 0.3) is 0 Å². The molecule has 2 rings (SSSR count). The normalized spacial score (nSPS) is 18.9. The van der Waals surface area contributed by atoms with Crippen LogP contribution in [-0.2, 0) is 9.53 Å². The van der Waals surface area contributed by atoms with Gasteiger partial charge in [0, 0.05) is 11.8 Å². The Balaban J connectivity index is 2.65. The summed E-state index contributed by atoms with van der Waals surface area (Å²) in [5.41, 5.74) is 6.98. The SMILES string of the molecule is CC(=O)C1=C(C)OC(N)=C(C#N)C1c1ccccn1. The molecule has 1 aromatic heterocycles. The maximum absolute atomic E-state index is 11.8. The zero-order chi connectivity index (χ0) is 14.0. The third kappa shape index (κ3) is 2.20. The zero-order valence-electron chi connectivity index (χ0n) is 10.7. The van der Waals surface area contributed by atoms with Crippen molar-refractivity contribution < 1.29 is 9.53 Å². The lowest BCUT2D eigenvalue weighted by molar-refractivity contribution is -0.114. The minimum absolute atomic E-state index is 0.0284. The summed E-state index contributed by atoms with van der Waals surface area (Å²) >= 11 is 0. The van der Waals surface area contributed by atoms with Crippen LogP contribution in [0.2, 0.25) is 0 Å². The van der Waals surface area contributed by atoms with Gasteiger partial charge in [0.15, 0.2) is 5.78 Å². The molecule has 0 aromatic carbocycles. The molecule has 0 bridgehead atoms. The molecule has 2 N–H and O–H groups in total. The summed E-state index contributed by atoms with van der Waals surface area (Å²) in [5.74, 6) is -0.272. The molecule has 1 atom stereocenters. The van der Waals surface area contributed by atoms with Crippen LogP contribution in [0.25, 0.3) is 0 Å². The van der Waals surface area contributed by atoms with Crippen molar-refractivity contribution in [2.45, 2.75) is 19.8 Å². The summed E-state index contributed by atoms with van der Waals surface area (Å²) in [6, 6.07) is 7.34. The second kappa shape index (κ2) is 4.94. The summed E-state index contributed by atoms with van der Waals surface area (Å²) in [6.07, 6.45) is 1.61. The standard InChI is InChI=1S/C14H13N3O2/c1-8(18)12-9(2)19-14(16)10(7-15)13(12)11-5-3-4-6-17-11/h3-6,13H,16H2,1-2H3. The highest BCUT2D eigenvalue weighted by molar-refractivity contribution is 5.96. The average molecular weight is 255 g/mol. The lowest BCUT2D eigenvalue weighted by Crippen LogP contribution is -2.23. The fourth-order valence-electron chi connectivity index (χ4n) is 2.18. The van der Waals surface area contributed by atoms with Crippen molar-refractivity contribution in [3.63, 3.8) is 0 Å². The Kier molecular flexibility index (Phi) is 3.34.